The highest BCUT2D eigenvalue weighted by atomic mass is 16.2. The normalized spacial score (nSPS) is 8.92. The molecular formula is C9H9N3O. The summed E-state index contributed by atoms with van der Waals surface area (Å²) >= 11 is 0. The topological polar surface area (TPSA) is 70.1 Å². The van der Waals surface area contributed by atoms with Crippen LogP contribution in [0.1, 0.15) is 6.92 Å². The van der Waals surface area contributed by atoms with Gasteiger partial charge in [0.25, 0.3) is 0 Å². The van der Waals surface area contributed by atoms with Crippen molar-refractivity contribution < 1.29 is 4.79 Å². The molecule has 0 aliphatic heterocycles. The van der Waals surface area contributed by atoms with Crippen molar-refractivity contribution in [2.45, 2.75) is 6.92 Å². The van der Waals surface area contributed by atoms with Gasteiger partial charge in [-0.25, -0.2) is 4.90 Å². The van der Waals surface area contributed by atoms with E-state index in [2.05, 4.69) is 0 Å². The molecule has 2 N–H and O–H groups in total. The first-order valence-corrected chi connectivity index (χ1v) is 3.71. The van der Waals surface area contributed by atoms with Crippen LogP contribution in [0, 0.1) is 11.5 Å². The zero-order valence-corrected chi connectivity index (χ0v) is 7.19. The average molecular weight is 175 g/mol. The van der Waals surface area contributed by atoms with Crippen molar-refractivity contribution in [3.8, 4) is 6.19 Å². The van der Waals surface area contributed by atoms with Crippen LogP contribution in [0.15, 0.2) is 24.3 Å². The van der Waals surface area contributed by atoms with Crippen LogP contribution < -0.4 is 10.6 Å². The Morgan fingerprint density at radius 2 is 2.31 bits per heavy atom. The number of carbonyl (C=O) groups is 1. The van der Waals surface area contributed by atoms with Crippen LogP contribution in [0.25, 0.3) is 0 Å². The van der Waals surface area contributed by atoms with E-state index in [1.807, 2.05) is 0 Å². The molecule has 0 radical (unpaired) electrons. The van der Waals surface area contributed by atoms with Crippen molar-refractivity contribution in [2.24, 2.45) is 0 Å². The third kappa shape index (κ3) is 1.97. The van der Waals surface area contributed by atoms with Crippen molar-refractivity contribution >= 4 is 17.3 Å². The molecule has 1 aromatic rings. The largest absolute Gasteiger partial charge is 0.399 e. The number of hydrogen-bond donors (Lipinski definition) is 1. The summed E-state index contributed by atoms with van der Waals surface area (Å²) in [5, 5.41) is 8.66. The van der Waals surface area contributed by atoms with E-state index < -0.39 is 0 Å². The predicted molar refractivity (Wildman–Crippen MR) is 49.6 cm³/mol. The van der Waals surface area contributed by atoms with Gasteiger partial charge in [0.2, 0.25) is 5.91 Å². The SMILES string of the molecule is CC(=O)N(C#N)c1cccc(N)c1. The molecule has 0 bridgehead atoms. The van der Waals surface area contributed by atoms with Gasteiger partial charge >= 0.3 is 0 Å². The molecule has 4 heteroatoms. The zero-order valence-electron chi connectivity index (χ0n) is 7.19. The number of nitrogens with zero attached hydrogens (tertiary/aromatic N) is 2. The molecule has 1 rings (SSSR count). The Morgan fingerprint density at radius 3 is 2.77 bits per heavy atom. The smallest absolute Gasteiger partial charge is 0.237 e. The monoisotopic (exact) mass is 175 g/mol. The Morgan fingerprint density at radius 1 is 1.62 bits per heavy atom. The molecule has 1 amide bonds. The maximum Gasteiger partial charge on any atom is 0.237 e. The summed E-state index contributed by atoms with van der Waals surface area (Å²) in [6.45, 7) is 1.33. The molecule has 13 heavy (non-hydrogen) atoms. The Bertz CT molecular complexity index is 367. The Kier molecular flexibility index (Phi) is 2.50. The van der Waals surface area contributed by atoms with Crippen LogP contribution in [0.4, 0.5) is 11.4 Å². The number of carbonyl (C=O) groups excluding carboxylic acids is 1. The molecule has 0 aliphatic rings. The van der Waals surface area contributed by atoms with Crippen molar-refractivity contribution in [1.29, 1.82) is 5.26 Å². The third-order valence-electron chi connectivity index (χ3n) is 1.54. The lowest BCUT2D eigenvalue weighted by atomic mass is 10.2. The lowest BCUT2D eigenvalue weighted by Crippen LogP contribution is -2.22. The van der Waals surface area contributed by atoms with Crippen molar-refractivity contribution in [3.05, 3.63) is 24.3 Å². The average Bonchev–Trinajstić information content (AvgIpc) is 2.04. The summed E-state index contributed by atoms with van der Waals surface area (Å²) < 4.78 is 0. The maximum atomic E-state index is 10.9. The molecule has 4 nitrogen and oxygen atoms in total. The number of nitrogens with two attached hydrogens (primary N) is 1. The molecule has 0 aliphatic carbocycles. The third-order valence-corrected chi connectivity index (χ3v) is 1.54. The minimum absolute atomic E-state index is 0.326. The Balaban J connectivity index is 3.07. The quantitative estimate of drug-likeness (QED) is 0.394. The number of nitriles is 1. The fourth-order valence-electron chi connectivity index (χ4n) is 0.974. The predicted octanol–water partition coefficient (Wildman–Crippen LogP) is 1.10. The number of anilines is 2. The summed E-state index contributed by atoms with van der Waals surface area (Å²) in [4.78, 5) is 11.9. The van der Waals surface area contributed by atoms with E-state index >= 15 is 0 Å². The summed E-state index contributed by atoms with van der Waals surface area (Å²) in [6.07, 6.45) is 1.77. The van der Waals surface area contributed by atoms with Crippen LogP contribution in [-0.2, 0) is 4.79 Å². The highest BCUT2D eigenvalue weighted by molar-refractivity contribution is 5.94. The minimum Gasteiger partial charge on any atom is -0.399 e. The van der Waals surface area contributed by atoms with Gasteiger partial charge in [-0.1, -0.05) is 6.07 Å². The molecule has 0 spiro atoms. The van der Waals surface area contributed by atoms with Crippen LogP contribution in [-0.4, -0.2) is 5.91 Å². The molecule has 0 fully saturated rings. The van der Waals surface area contributed by atoms with Crippen LogP contribution in [0.2, 0.25) is 0 Å². The van der Waals surface area contributed by atoms with E-state index in [-0.39, 0.29) is 5.91 Å². The molecule has 0 saturated carbocycles. The highest BCUT2D eigenvalue weighted by Crippen LogP contribution is 2.16. The molecule has 1 aromatic carbocycles. The van der Waals surface area contributed by atoms with Gasteiger partial charge in [0.1, 0.15) is 0 Å². The number of benzene rings is 1. The van der Waals surface area contributed by atoms with Gasteiger partial charge < -0.3 is 5.73 Å². The highest BCUT2D eigenvalue weighted by Gasteiger charge is 2.09. The van der Waals surface area contributed by atoms with Gasteiger partial charge in [-0.3, -0.25) is 4.79 Å². The fourth-order valence-corrected chi connectivity index (χ4v) is 0.974. The van der Waals surface area contributed by atoms with E-state index in [0.717, 1.165) is 4.90 Å². The minimum atomic E-state index is -0.326. The molecule has 66 valence electrons. The van der Waals surface area contributed by atoms with Crippen molar-refractivity contribution in [2.75, 3.05) is 10.6 Å². The second-order valence-electron chi connectivity index (χ2n) is 2.55. The summed E-state index contributed by atoms with van der Waals surface area (Å²) in [5.74, 6) is -0.326. The number of nitrogen functional groups attached to an aromatic ring is 1. The van der Waals surface area contributed by atoms with Crippen LogP contribution in [0.5, 0.6) is 0 Å². The zero-order chi connectivity index (χ0) is 9.84. The molecule has 0 aromatic heterocycles. The number of rotatable bonds is 1. The second kappa shape index (κ2) is 3.59. The lowest BCUT2D eigenvalue weighted by molar-refractivity contribution is -0.115. The van der Waals surface area contributed by atoms with E-state index in [4.69, 9.17) is 11.0 Å². The number of amides is 1. The Labute approximate surface area is 76.2 Å². The van der Waals surface area contributed by atoms with Crippen LogP contribution >= 0.6 is 0 Å². The van der Waals surface area contributed by atoms with Gasteiger partial charge in [0.05, 0.1) is 5.69 Å². The molecule has 0 saturated heterocycles. The number of hydrogen-bond acceptors (Lipinski definition) is 3. The maximum absolute atomic E-state index is 10.9. The van der Waals surface area contributed by atoms with Gasteiger partial charge in [-0.2, -0.15) is 5.26 Å². The first-order chi connectivity index (χ1) is 6.15. The van der Waals surface area contributed by atoms with E-state index in [9.17, 15) is 4.79 Å². The molecule has 0 atom stereocenters. The van der Waals surface area contributed by atoms with Crippen molar-refractivity contribution in [1.82, 2.24) is 0 Å². The lowest BCUT2D eigenvalue weighted by Gasteiger charge is -2.10. The Hall–Kier alpha value is -2.02. The molecule has 0 unspecified atom stereocenters. The standard InChI is InChI=1S/C9H9N3O/c1-7(13)12(6-10)9-4-2-3-8(11)5-9/h2-5H,11H2,1H3. The fraction of sp³-hybridized carbons (Fsp3) is 0.111. The first-order valence-electron chi connectivity index (χ1n) is 3.71. The summed E-state index contributed by atoms with van der Waals surface area (Å²) in [7, 11) is 0. The van der Waals surface area contributed by atoms with Gasteiger partial charge in [-0.15, -0.1) is 0 Å². The van der Waals surface area contributed by atoms with Crippen molar-refractivity contribution in [3.63, 3.8) is 0 Å². The van der Waals surface area contributed by atoms with E-state index in [1.165, 1.54) is 6.92 Å². The van der Waals surface area contributed by atoms with Gasteiger partial charge in [0, 0.05) is 12.6 Å². The van der Waals surface area contributed by atoms with Gasteiger partial charge in [-0.05, 0) is 18.2 Å². The van der Waals surface area contributed by atoms with E-state index in [0.29, 0.717) is 11.4 Å². The van der Waals surface area contributed by atoms with Gasteiger partial charge in [0.15, 0.2) is 6.19 Å². The molecule has 0 heterocycles. The van der Waals surface area contributed by atoms with Crippen LogP contribution in [0.3, 0.4) is 0 Å². The summed E-state index contributed by atoms with van der Waals surface area (Å²) in [6, 6.07) is 6.61. The second-order valence-corrected chi connectivity index (χ2v) is 2.55. The first kappa shape index (κ1) is 9.07. The summed E-state index contributed by atoms with van der Waals surface area (Å²) in [5.41, 5.74) is 6.53. The molecular weight excluding hydrogens is 166 g/mol. The van der Waals surface area contributed by atoms with E-state index in [1.54, 1.807) is 30.5 Å².